The fraction of sp³-hybridized carbons (Fsp3) is 0.500. The molecule has 0 amide bonds. The Hall–Kier alpha value is 0.250. The van der Waals surface area contributed by atoms with Gasteiger partial charge >= 0.3 is 29.6 Å². The van der Waals surface area contributed by atoms with Crippen molar-refractivity contribution in [3.05, 3.63) is 0 Å². The van der Waals surface area contributed by atoms with Gasteiger partial charge in [-0.1, -0.05) is 0 Å². The molecule has 0 fully saturated rings. The van der Waals surface area contributed by atoms with Gasteiger partial charge in [0.1, 0.15) is 0 Å². The van der Waals surface area contributed by atoms with E-state index < -0.39 is 0 Å². The summed E-state index contributed by atoms with van der Waals surface area (Å²) in [6.07, 6.45) is 1.25. The van der Waals surface area contributed by atoms with Gasteiger partial charge in [-0.2, -0.15) is 5.26 Å². The molecule has 0 saturated carbocycles. The van der Waals surface area contributed by atoms with Gasteiger partial charge in [-0.25, -0.2) is 0 Å². The van der Waals surface area contributed by atoms with E-state index in [0.717, 1.165) is 7.11 Å². The summed E-state index contributed by atoms with van der Waals surface area (Å²) in [5.74, 6) is 0. The molecule has 0 aromatic rings. The Labute approximate surface area is 59.1 Å². The van der Waals surface area contributed by atoms with Crippen LogP contribution in [0.1, 0.15) is 0 Å². The molecule has 3 nitrogen and oxygen atoms in total. The second-order valence-electron chi connectivity index (χ2n) is 0.129. The third-order valence-corrected chi connectivity index (χ3v) is 0. The second kappa shape index (κ2) is 60.7. The van der Waals surface area contributed by atoms with E-state index in [0.29, 0.717) is 0 Å². The van der Waals surface area contributed by atoms with Crippen molar-refractivity contribution in [3.63, 3.8) is 0 Å². The van der Waals surface area contributed by atoms with Crippen LogP contribution in [0.5, 0.6) is 0 Å². The zero-order valence-corrected chi connectivity index (χ0v) is 2.97. The summed E-state index contributed by atoms with van der Waals surface area (Å²) in [4.78, 5) is 0. The Morgan fingerprint density at radius 2 is 1.67 bits per heavy atom. The molecule has 0 aromatic carbocycles. The Kier molecular flexibility index (Phi) is 165. The van der Waals surface area contributed by atoms with Gasteiger partial charge in [-0.3, -0.25) is 0 Å². The van der Waals surface area contributed by atoms with Crippen LogP contribution in [0.15, 0.2) is 0 Å². The van der Waals surface area contributed by atoms with Crippen molar-refractivity contribution >= 4 is 29.6 Å². The first kappa shape index (κ1) is 16.3. The number of nitriles is 1. The third kappa shape index (κ3) is 718. The van der Waals surface area contributed by atoms with E-state index in [-0.39, 0.29) is 29.6 Å². The molecule has 0 spiro atoms. The number of nitrogens with zero attached hydrogens (tertiary/aromatic N) is 1. The Morgan fingerprint density at radius 1 is 1.67 bits per heavy atom. The molecule has 4 heteroatoms. The van der Waals surface area contributed by atoms with Crippen molar-refractivity contribution in [2.45, 2.75) is 0 Å². The predicted octanol–water partition coefficient (Wildman–Crippen LogP) is -1.61. The van der Waals surface area contributed by atoms with E-state index >= 15 is 0 Å². The van der Waals surface area contributed by atoms with Crippen LogP contribution in [0, 0.1) is 11.5 Å². The van der Waals surface area contributed by atoms with Gasteiger partial charge < -0.3 is 10.8 Å². The molecule has 0 aromatic heterocycles. The van der Waals surface area contributed by atoms with Gasteiger partial charge in [0.15, 0.2) is 6.19 Å². The standard InChI is InChI=1S/CH2N2.CH4O.Na.H/c2-1-3;1-2;;/h2H2;2H,1H3;;. The van der Waals surface area contributed by atoms with Gasteiger partial charge in [0.05, 0.1) is 0 Å². The summed E-state index contributed by atoms with van der Waals surface area (Å²) in [7, 11) is 1.00. The number of hydrogen-bond donors (Lipinski definition) is 2. The quantitative estimate of drug-likeness (QED) is 0.217. The average Bonchev–Trinajstić information content (AvgIpc) is 1.46. The molecule has 0 bridgehead atoms. The van der Waals surface area contributed by atoms with E-state index in [2.05, 4.69) is 5.73 Å². The van der Waals surface area contributed by atoms with Crippen LogP contribution >= 0.6 is 0 Å². The molecule has 0 saturated heterocycles. The molecular formula is C2H7N2NaO. The van der Waals surface area contributed by atoms with Crippen LogP contribution in [0.25, 0.3) is 0 Å². The van der Waals surface area contributed by atoms with Crippen LogP contribution in [-0.2, 0) is 0 Å². The topological polar surface area (TPSA) is 70.0 Å². The van der Waals surface area contributed by atoms with Crippen molar-refractivity contribution in [1.29, 1.82) is 5.26 Å². The SMILES string of the molecule is CO.N#CN.[NaH]. The van der Waals surface area contributed by atoms with Crippen molar-refractivity contribution in [1.82, 2.24) is 0 Å². The average molecular weight is 98.1 g/mol. The van der Waals surface area contributed by atoms with Crippen molar-refractivity contribution in [3.8, 4) is 6.19 Å². The monoisotopic (exact) mass is 98.0 g/mol. The summed E-state index contributed by atoms with van der Waals surface area (Å²) in [5, 5.41) is 14.1. The van der Waals surface area contributed by atoms with Gasteiger partial charge in [0, 0.05) is 7.11 Å². The molecule has 32 valence electrons. The van der Waals surface area contributed by atoms with E-state index in [1.165, 1.54) is 6.19 Å². The van der Waals surface area contributed by atoms with E-state index in [1.807, 2.05) is 0 Å². The van der Waals surface area contributed by atoms with E-state index in [1.54, 1.807) is 0 Å². The van der Waals surface area contributed by atoms with Crippen LogP contribution in [0.3, 0.4) is 0 Å². The molecule has 3 N–H and O–H groups in total. The maximum absolute atomic E-state index is 7.10. The number of nitrogens with two attached hydrogens (primary N) is 1. The molecule has 0 rings (SSSR count). The van der Waals surface area contributed by atoms with E-state index in [4.69, 9.17) is 10.4 Å². The summed E-state index contributed by atoms with van der Waals surface area (Å²) in [6.45, 7) is 0. The molecular weight excluding hydrogens is 91.0 g/mol. The molecule has 0 unspecified atom stereocenters. The van der Waals surface area contributed by atoms with Crippen LogP contribution in [0.2, 0.25) is 0 Å². The Morgan fingerprint density at radius 3 is 1.67 bits per heavy atom. The van der Waals surface area contributed by atoms with Crippen LogP contribution in [0.4, 0.5) is 0 Å². The fourth-order valence-corrected chi connectivity index (χ4v) is 0. The summed E-state index contributed by atoms with van der Waals surface area (Å²) < 4.78 is 0. The van der Waals surface area contributed by atoms with Gasteiger partial charge in [-0.05, 0) is 0 Å². The molecule has 0 aliphatic carbocycles. The maximum atomic E-state index is 7.10. The van der Waals surface area contributed by atoms with Gasteiger partial charge in [0.2, 0.25) is 0 Å². The Balaban J connectivity index is -0.0000000275. The number of aliphatic hydroxyl groups is 1. The van der Waals surface area contributed by atoms with Gasteiger partial charge in [0.25, 0.3) is 0 Å². The number of hydrogen-bond acceptors (Lipinski definition) is 3. The summed E-state index contributed by atoms with van der Waals surface area (Å²) >= 11 is 0. The van der Waals surface area contributed by atoms with Crippen LogP contribution < -0.4 is 5.73 Å². The summed E-state index contributed by atoms with van der Waals surface area (Å²) in [5.41, 5.74) is 4.15. The van der Waals surface area contributed by atoms with Crippen molar-refractivity contribution < 1.29 is 5.11 Å². The second-order valence-corrected chi connectivity index (χ2v) is 0.129. The predicted molar refractivity (Wildman–Crippen MR) is 25.1 cm³/mol. The van der Waals surface area contributed by atoms with Crippen molar-refractivity contribution in [2.75, 3.05) is 7.11 Å². The minimum atomic E-state index is 0. The number of aliphatic hydroxyl groups excluding tert-OH is 1. The summed E-state index contributed by atoms with van der Waals surface area (Å²) in [6, 6.07) is 0. The van der Waals surface area contributed by atoms with Gasteiger partial charge in [-0.15, -0.1) is 0 Å². The van der Waals surface area contributed by atoms with Crippen molar-refractivity contribution in [2.24, 2.45) is 5.73 Å². The molecule has 6 heavy (non-hydrogen) atoms. The fourth-order valence-electron chi connectivity index (χ4n) is 0. The normalized spacial score (nSPS) is 2.17. The molecule has 0 atom stereocenters. The third-order valence-electron chi connectivity index (χ3n) is 0. The van der Waals surface area contributed by atoms with E-state index in [9.17, 15) is 0 Å². The molecule has 0 radical (unpaired) electrons. The molecule has 0 heterocycles. The Bertz CT molecular complexity index is 33.0. The molecule has 0 aliphatic heterocycles. The zero-order valence-electron chi connectivity index (χ0n) is 2.97. The molecule has 0 aliphatic rings. The zero-order chi connectivity index (χ0) is 4.71. The minimum absolute atomic E-state index is 0. The number of rotatable bonds is 0. The first-order valence-corrected chi connectivity index (χ1v) is 0.959. The van der Waals surface area contributed by atoms with Crippen LogP contribution in [-0.4, -0.2) is 41.8 Å². The first-order valence-electron chi connectivity index (χ1n) is 0.959. The first-order chi connectivity index (χ1) is 2.41.